The monoisotopic (exact) mass is 417 g/mol. The van der Waals surface area contributed by atoms with E-state index in [0.29, 0.717) is 5.56 Å². The van der Waals surface area contributed by atoms with Crippen molar-refractivity contribution in [1.29, 1.82) is 0 Å². The maximum absolute atomic E-state index is 12.3. The number of para-hydroxylation sites is 1. The average Bonchev–Trinajstić information content (AvgIpc) is 3.10. The van der Waals surface area contributed by atoms with Crippen LogP contribution in [0.1, 0.15) is 22.6 Å². The molecule has 1 aliphatic carbocycles. The summed E-state index contributed by atoms with van der Waals surface area (Å²) in [4.78, 5) is 23.9. The Morgan fingerprint density at radius 3 is 2.10 bits per heavy atom. The number of amides is 1. The maximum atomic E-state index is 12.3. The van der Waals surface area contributed by atoms with E-state index in [1.54, 1.807) is 18.2 Å². The number of alkyl carbamates (subject to hydrolysis) is 1. The van der Waals surface area contributed by atoms with Gasteiger partial charge in [0.2, 0.25) is 0 Å². The van der Waals surface area contributed by atoms with Gasteiger partial charge in [0.15, 0.2) is 0 Å². The summed E-state index contributed by atoms with van der Waals surface area (Å²) >= 11 is 0. The molecular formula is C25H23NO5. The highest BCUT2D eigenvalue weighted by Gasteiger charge is 2.29. The number of hydrogen-bond acceptors (Lipinski definition) is 4. The number of carbonyl (C=O) groups is 2. The van der Waals surface area contributed by atoms with E-state index in [1.807, 2.05) is 36.4 Å². The molecule has 3 aromatic rings. The number of rotatable bonds is 7. The molecule has 1 amide bonds. The molecule has 3 N–H and O–H groups in total. The summed E-state index contributed by atoms with van der Waals surface area (Å²) < 4.78 is 5.45. The molecule has 6 heteroatoms. The van der Waals surface area contributed by atoms with Crippen molar-refractivity contribution in [2.24, 2.45) is 5.92 Å². The number of carboxylic acid groups (broad SMARTS) is 1. The smallest absolute Gasteiger partial charge is 0.407 e. The number of phenolic OH excluding ortho intramolecular Hbond substituents is 1. The number of carbonyl (C=O) groups excluding carboxylic acids is 1. The Morgan fingerprint density at radius 2 is 1.48 bits per heavy atom. The quantitative estimate of drug-likeness (QED) is 0.536. The molecule has 0 bridgehead atoms. The van der Waals surface area contributed by atoms with Crippen LogP contribution in [0.25, 0.3) is 11.1 Å². The lowest BCUT2D eigenvalue weighted by molar-refractivity contribution is -0.141. The van der Waals surface area contributed by atoms with E-state index in [-0.39, 0.29) is 31.2 Å². The summed E-state index contributed by atoms with van der Waals surface area (Å²) in [6, 6.07) is 22.7. The van der Waals surface area contributed by atoms with Crippen LogP contribution in [0.2, 0.25) is 0 Å². The summed E-state index contributed by atoms with van der Waals surface area (Å²) in [5.74, 6) is -1.96. The van der Waals surface area contributed by atoms with Gasteiger partial charge in [-0.05, 0) is 40.3 Å². The molecule has 0 aliphatic heterocycles. The third kappa shape index (κ3) is 4.38. The molecule has 6 nitrogen and oxygen atoms in total. The second-order valence-electron chi connectivity index (χ2n) is 7.57. The number of benzene rings is 3. The van der Waals surface area contributed by atoms with Gasteiger partial charge in [0.1, 0.15) is 12.4 Å². The molecule has 0 saturated heterocycles. The molecule has 0 radical (unpaired) electrons. The first-order valence-corrected chi connectivity index (χ1v) is 10.1. The van der Waals surface area contributed by atoms with Crippen molar-refractivity contribution in [1.82, 2.24) is 5.32 Å². The number of hydrogen-bond donors (Lipinski definition) is 3. The van der Waals surface area contributed by atoms with E-state index < -0.39 is 18.0 Å². The maximum Gasteiger partial charge on any atom is 0.407 e. The second kappa shape index (κ2) is 8.92. The summed E-state index contributed by atoms with van der Waals surface area (Å²) in [6.07, 6.45) is -0.559. The Balaban J connectivity index is 1.37. The third-order valence-electron chi connectivity index (χ3n) is 5.64. The lowest BCUT2D eigenvalue weighted by Crippen LogP contribution is -2.35. The van der Waals surface area contributed by atoms with Gasteiger partial charge in [0, 0.05) is 12.5 Å². The SMILES string of the molecule is O=C(NC[C@@H](Cc1ccccc1O)C(=O)O)OCC1c2ccccc2-c2ccccc21. The number of nitrogens with one attached hydrogen (secondary N) is 1. The van der Waals surface area contributed by atoms with Gasteiger partial charge >= 0.3 is 12.1 Å². The van der Waals surface area contributed by atoms with E-state index in [0.717, 1.165) is 22.3 Å². The third-order valence-corrected chi connectivity index (χ3v) is 5.64. The summed E-state index contributed by atoms with van der Waals surface area (Å²) in [5, 5.41) is 21.9. The second-order valence-corrected chi connectivity index (χ2v) is 7.57. The number of aromatic hydroxyl groups is 1. The molecule has 0 fully saturated rings. The van der Waals surface area contributed by atoms with Crippen LogP contribution in [0.5, 0.6) is 5.75 Å². The Kier molecular flexibility index (Phi) is 5.89. The standard InChI is InChI=1S/C25H23NO5/c27-23-12-6-1-7-16(23)13-17(24(28)29)14-26-25(30)31-15-22-20-10-4-2-8-18(20)19-9-3-5-11-21(19)22/h1-12,17,22,27H,13-15H2,(H,26,30)(H,28,29)/t17-/m1/s1. The molecule has 3 aromatic carbocycles. The summed E-state index contributed by atoms with van der Waals surface area (Å²) in [5.41, 5.74) is 5.02. The van der Waals surface area contributed by atoms with Crippen LogP contribution >= 0.6 is 0 Å². The molecule has 31 heavy (non-hydrogen) atoms. The highest BCUT2D eigenvalue weighted by molar-refractivity contribution is 5.79. The summed E-state index contributed by atoms with van der Waals surface area (Å²) in [7, 11) is 0. The predicted octanol–water partition coefficient (Wildman–Crippen LogP) is 4.17. The van der Waals surface area contributed by atoms with Crippen molar-refractivity contribution < 1.29 is 24.5 Å². The Hall–Kier alpha value is -3.80. The molecular weight excluding hydrogens is 394 g/mol. The van der Waals surface area contributed by atoms with Crippen molar-refractivity contribution in [2.75, 3.05) is 13.2 Å². The van der Waals surface area contributed by atoms with Crippen molar-refractivity contribution in [3.8, 4) is 16.9 Å². The lowest BCUT2D eigenvalue weighted by Gasteiger charge is -2.17. The van der Waals surface area contributed by atoms with Crippen molar-refractivity contribution in [2.45, 2.75) is 12.3 Å². The topological polar surface area (TPSA) is 95.9 Å². The van der Waals surface area contributed by atoms with E-state index in [2.05, 4.69) is 17.4 Å². The van der Waals surface area contributed by atoms with E-state index in [1.165, 1.54) is 6.07 Å². The zero-order valence-corrected chi connectivity index (χ0v) is 16.8. The number of carboxylic acids is 1. The fourth-order valence-corrected chi connectivity index (χ4v) is 4.05. The van der Waals surface area contributed by atoms with Crippen molar-refractivity contribution in [3.05, 3.63) is 89.5 Å². The van der Waals surface area contributed by atoms with Gasteiger partial charge in [-0.2, -0.15) is 0 Å². The van der Waals surface area contributed by atoms with Gasteiger partial charge in [-0.3, -0.25) is 4.79 Å². The first kappa shape index (κ1) is 20.5. The van der Waals surface area contributed by atoms with Crippen LogP contribution in [0, 0.1) is 5.92 Å². The van der Waals surface area contributed by atoms with E-state index in [4.69, 9.17) is 4.74 Å². The fraction of sp³-hybridized carbons (Fsp3) is 0.200. The van der Waals surface area contributed by atoms with E-state index in [9.17, 15) is 19.8 Å². The highest BCUT2D eigenvalue weighted by atomic mass is 16.5. The largest absolute Gasteiger partial charge is 0.508 e. The summed E-state index contributed by atoms with van der Waals surface area (Å²) in [6.45, 7) is 0.0669. The first-order valence-electron chi connectivity index (χ1n) is 10.1. The van der Waals surface area contributed by atoms with E-state index >= 15 is 0 Å². The van der Waals surface area contributed by atoms with Crippen LogP contribution in [-0.2, 0) is 16.0 Å². The Bertz CT molecular complexity index is 1060. The minimum absolute atomic E-state index is 0.0369. The van der Waals surface area contributed by atoms with Gasteiger partial charge in [0.05, 0.1) is 5.92 Å². The molecule has 0 saturated carbocycles. The van der Waals surface area contributed by atoms with Crippen LogP contribution in [0.4, 0.5) is 4.79 Å². The Labute approximate surface area is 180 Å². The van der Waals surface area contributed by atoms with Crippen LogP contribution < -0.4 is 5.32 Å². The first-order chi connectivity index (χ1) is 15.0. The molecule has 0 unspecified atom stereocenters. The van der Waals surface area contributed by atoms with Gasteiger partial charge in [-0.25, -0.2) is 4.79 Å². The van der Waals surface area contributed by atoms with Gasteiger partial charge in [0.25, 0.3) is 0 Å². The molecule has 4 rings (SSSR count). The number of aliphatic carboxylic acids is 1. The lowest BCUT2D eigenvalue weighted by atomic mass is 9.98. The number of ether oxygens (including phenoxy) is 1. The average molecular weight is 417 g/mol. The molecule has 0 aromatic heterocycles. The normalized spacial score (nSPS) is 13.2. The Morgan fingerprint density at radius 1 is 0.903 bits per heavy atom. The molecule has 1 atom stereocenters. The molecule has 1 aliphatic rings. The highest BCUT2D eigenvalue weighted by Crippen LogP contribution is 2.44. The van der Waals surface area contributed by atoms with Gasteiger partial charge < -0.3 is 20.3 Å². The van der Waals surface area contributed by atoms with Crippen molar-refractivity contribution in [3.63, 3.8) is 0 Å². The van der Waals surface area contributed by atoms with Gasteiger partial charge in [-0.1, -0.05) is 66.7 Å². The molecule has 0 heterocycles. The molecule has 158 valence electrons. The zero-order chi connectivity index (χ0) is 21.8. The zero-order valence-electron chi connectivity index (χ0n) is 16.8. The molecule has 0 spiro atoms. The fourth-order valence-electron chi connectivity index (χ4n) is 4.05. The number of phenols is 1. The van der Waals surface area contributed by atoms with Gasteiger partial charge in [-0.15, -0.1) is 0 Å². The van der Waals surface area contributed by atoms with Crippen LogP contribution in [0.3, 0.4) is 0 Å². The van der Waals surface area contributed by atoms with Crippen molar-refractivity contribution >= 4 is 12.1 Å². The minimum atomic E-state index is -1.05. The predicted molar refractivity (Wildman–Crippen MR) is 116 cm³/mol. The minimum Gasteiger partial charge on any atom is -0.508 e. The van der Waals surface area contributed by atoms with Crippen LogP contribution in [0.15, 0.2) is 72.8 Å². The van der Waals surface area contributed by atoms with Crippen LogP contribution in [-0.4, -0.2) is 35.4 Å². The number of fused-ring (bicyclic) bond motifs is 3.